The molecular weight excluding hydrogens is 390 g/mol. The van der Waals surface area contributed by atoms with E-state index in [0.717, 1.165) is 18.5 Å². The monoisotopic (exact) mass is 417 g/mol. The third kappa shape index (κ3) is 5.35. The van der Waals surface area contributed by atoms with Gasteiger partial charge in [-0.1, -0.05) is 37.7 Å². The molecule has 1 atom stereocenters. The van der Waals surface area contributed by atoms with Gasteiger partial charge in [0.1, 0.15) is 0 Å². The number of likely N-dealkylation sites (tertiary alicyclic amines) is 1. The van der Waals surface area contributed by atoms with Crippen molar-refractivity contribution in [2.24, 2.45) is 5.92 Å². The van der Waals surface area contributed by atoms with Crippen molar-refractivity contribution in [1.29, 1.82) is 0 Å². The van der Waals surface area contributed by atoms with Gasteiger partial charge in [0.25, 0.3) is 0 Å². The number of rotatable bonds is 7. The summed E-state index contributed by atoms with van der Waals surface area (Å²) in [4.78, 5) is 26.4. The van der Waals surface area contributed by atoms with E-state index in [2.05, 4.69) is 41.5 Å². The number of hydrogen-bond donors (Lipinski definition) is 0. The normalized spacial score (nSPS) is 16.8. The zero-order valence-corrected chi connectivity index (χ0v) is 17.9. The molecule has 1 saturated heterocycles. The summed E-state index contributed by atoms with van der Waals surface area (Å²) in [5.74, 6) is 0.204. The SMILES string of the molecule is CCOC(=O)[C@@H]1CCCN(C(=O)CSc2nnnn2-c2ccc(C(C)C)cc2)C1. The van der Waals surface area contributed by atoms with Crippen LogP contribution in [0.25, 0.3) is 5.69 Å². The zero-order valence-electron chi connectivity index (χ0n) is 17.1. The van der Waals surface area contributed by atoms with Gasteiger partial charge in [0, 0.05) is 13.1 Å². The molecule has 1 aliphatic heterocycles. The van der Waals surface area contributed by atoms with Crippen molar-refractivity contribution in [2.75, 3.05) is 25.4 Å². The predicted octanol–water partition coefficient (Wildman–Crippen LogP) is 2.68. The molecule has 1 aliphatic rings. The second-order valence-corrected chi connectivity index (χ2v) is 8.28. The van der Waals surface area contributed by atoms with Gasteiger partial charge in [-0.15, -0.1) is 5.10 Å². The van der Waals surface area contributed by atoms with Gasteiger partial charge in [-0.3, -0.25) is 9.59 Å². The summed E-state index contributed by atoms with van der Waals surface area (Å²) in [6.07, 6.45) is 1.57. The molecule has 156 valence electrons. The Morgan fingerprint density at radius 2 is 2.03 bits per heavy atom. The van der Waals surface area contributed by atoms with Crippen molar-refractivity contribution in [1.82, 2.24) is 25.1 Å². The standard InChI is InChI=1S/C20H27N5O3S/c1-4-28-19(27)16-6-5-11-24(12-16)18(26)13-29-20-21-22-23-25(20)17-9-7-15(8-10-17)14(2)3/h7-10,14,16H,4-6,11-13H2,1-3H3/t16-/m1/s1. The lowest BCUT2D eigenvalue weighted by atomic mass is 9.98. The van der Waals surface area contributed by atoms with Gasteiger partial charge in [-0.2, -0.15) is 4.68 Å². The number of thioether (sulfide) groups is 1. The Kier molecular flexibility index (Phi) is 7.24. The maximum absolute atomic E-state index is 12.7. The highest BCUT2D eigenvalue weighted by Crippen LogP contribution is 2.23. The van der Waals surface area contributed by atoms with Gasteiger partial charge in [0.2, 0.25) is 11.1 Å². The summed E-state index contributed by atoms with van der Waals surface area (Å²) in [7, 11) is 0. The first-order valence-electron chi connectivity index (χ1n) is 9.95. The van der Waals surface area contributed by atoms with E-state index in [-0.39, 0.29) is 23.5 Å². The summed E-state index contributed by atoms with van der Waals surface area (Å²) in [6, 6.07) is 8.08. The third-order valence-corrected chi connectivity index (χ3v) is 5.87. The van der Waals surface area contributed by atoms with E-state index in [0.29, 0.717) is 30.8 Å². The predicted molar refractivity (Wildman–Crippen MR) is 110 cm³/mol. The van der Waals surface area contributed by atoms with Crippen LogP contribution in [0.2, 0.25) is 0 Å². The summed E-state index contributed by atoms with van der Waals surface area (Å²) in [5, 5.41) is 12.4. The number of carbonyl (C=O) groups is 2. The van der Waals surface area contributed by atoms with Gasteiger partial charge < -0.3 is 9.64 Å². The van der Waals surface area contributed by atoms with Gasteiger partial charge >= 0.3 is 5.97 Å². The van der Waals surface area contributed by atoms with E-state index in [1.807, 2.05) is 12.1 Å². The largest absolute Gasteiger partial charge is 0.466 e. The Hall–Kier alpha value is -2.42. The fourth-order valence-electron chi connectivity index (χ4n) is 3.31. The highest BCUT2D eigenvalue weighted by atomic mass is 32.2. The number of nitrogens with zero attached hydrogens (tertiary/aromatic N) is 5. The molecule has 2 aromatic rings. The Morgan fingerprint density at radius 1 is 1.28 bits per heavy atom. The molecule has 0 bridgehead atoms. The van der Waals surface area contributed by atoms with Crippen molar-refractivity contribution < 1.29 is 14.3 Å². The van der Waals surface area contributed by atoms with Gasteiger partial charge in [0.05, 0.1) is 24.0 Å². The Labute approximate surface area is 175 Å². The topological polar surface area (TPSA) is 90.2 Å². The molecule has 3 rings (SSSR count). The number of carbonyl (C=O) groups excluding carboxylic acids is 2. The van der Waals surface area contributed by atoms with Crippen LogP contribution in [-0.4, -0.2) is 62.4 Å². The van der Waals surface area contributed by atoms with Crippen LogP contribution in [0.4, 0.5) is 0 Å². The molecule has 0 unspecified atom stereocenters. The maximum atomic E-state index is 12.7. The molecule has 9 heteroatoms. The van der Waals surface area contributed by atoms with E-state index < -0.39 is 0 Å². The molecule has 0 N–H and O–H groups in total. The number of piperidine rings is 1. The van der Waals surface area contributed by atoms with E-state index in [1.54, 1.807) is 16.5 Å². The lowest BCUT2D eigenvalue weighted by Crippen LogP contribution is -2.43. The zero-order chi connectivity index (χ0) is 20.8. The highest BCUT2D eigenvalue weighted by molar-refractivity contribution is 7.99. The average Bonchev–Trinajstić information content (AvgIpc) is 3.21. The van der Waals surface area contributed by atoms with Crippen molar-refractivity contribution in [2.45, 2.75) is 44.7 Å². The van der Waals surface area contributed by atoms with E-state index in [4.69, 9.17) is 4.74 Å². The number of hydrogen-bond acceptors (Lipinski definition) is 7. The minimum atomic E-state index is -0.234. The first kappa shape index (κ1) is 21.3. The van der Waals surface area contributed by atoms with Crippen molar-refractivity contribution in [3.05, 3.63) is 29.8 Å². The van der Waals surface area contributed by atoms with Gasteiger partial charge in [-0.05, 0) is 53.8 Å². The molecule has 0 spiro atoms. The summed E-state index contributed by atoms with van der Waals surface area (Å²) < 4.78 is 6.74. The molecule has 29 heavy (non-hydrogen) atoms. The quantitative estimate of drug-likeness (QED) is 0.505. The van der Waals surface area contributed by atoms with Crippen molar-refractivity contribution in [3.63, 3.8) is 0 Å². The molecule has 2 heterocycles. The molecule has 8 nitrogen and oxygen atoms in total. The van der Waals surface area contributed by atoms with Gasteiger partial charge in [0.15, 0.2) is 0 Å². The highest BCUT2D eigenvalue weighted by Gasteiger charge is 2.29. The van der Waals surface area contributed by atoms with Crippen molar-refractivity contribution >= 4 is 23.6 Å². The molecule has 1 amide bonds. The Bertz CT molecular complexity index is 837. The molecular formula is C20H27N5O3S. The van der Waals surface area contributed by atoms with Gasteiger partial charge in [-0.25, -0.2) is 0 Å². The molecule has 1 aromatic heterocycles. The molecule has 0 saturated carbocycles. The van der Waals surface area contributed by atoms with Crippen LogP contribution in [-0.2, 0) is 14.3 Å². The van der Waals surface area contributed by atoms with Crippen molar-refractivity contribution in [3.8, 4) is 5.69 Å². The first-order chi connectivity index (χ1) is 14.0. The van der Waals surface area contributed by atoms with Crippen LogP contribution < -0.4 is 0 Å². The van der Waals surface area contributed by atoms with Crippen LogP contribution in [0.3, 0.4) is 0 Å². The average molecular weight is 418 g/mol. The summed E-state index contributed by atoms with van der Waals surface area (Å²) >= 11 is 1.30. The number of amides is 1. The minimum absolute atomic E-state index is 0.0197. The molecule has 1 fully saturated rings. The second-order valence-electron chi connectivity index (χ2n) is 7.34. The smallest absolute Gasteiger partial charge is 0.310 e. The maximum Gasteiger partial charge on any atom is 0.310 e. The van der Waals surface area contributed by atoms with Crippen LogP contribution in [0.5, 0.6) is 0 Å². The van der Waals surface area contributed by atoms with Crippen LogP contribution >= 0.6 is 11.8 Å². The van der Waals surface area contributed by atoms with E-state index in [1.165, 1.54) is 17.3 Å². The number of esters is 1. The first-order valence-corrected chi connectivity index (χ1v) is 10.9. The lowest BCUT2D eigenvalue weighted by molar-refractivity contribution is -0.151. The third-order valence-electron chi connectivity index (χ3n) is 4.96. The fraction of sp³-hybridized carbons (Fsp3) is 0.550. The van der Waals surface area contributed by atoms with Crippen LogP contribution in [0, 0.1) is 5.92 Å². The number of benzene rings is 1. The molecule has 0 radical (unpaired) electrons. The van der Waals surface area contributed by atoms with Crippen LogP contribution in [0.1, 0.15) is 45.1 Å². The lowest BCUT2D eigenvalue weighted by Gasteiger charge is -2.31. The van der Waals surface area contributed by atoms with E-state index in [9.17, 15) is 9.59 Å². The summed E-state index contributed by atoms with van der Waals surface area (Å²) in [5.41, 5.74) is 2.10. The Balaban J connectivity index is 1.60. The fourth-order valence-corrected chi connectivity index (χ4v) is 4.10. The molecule has 0 aliphatic carbocycles. The van der Waals surface area contributed by atoms with E-state index >= 15 is 0 Å². The second kappa shape index (κ2) is 9.87. The number of ether oxygens (including phenoxy) is 1. The molecule has 1 aromatic carbocycles. The van der Waals surface area contributed by atoms with Crippen LogP contribution in [0.15, 0.2) is 29.4 Å². The number of tetrazole rings is 1. The summed E-state index contributed by atoms with van der Waals surface area (Å²) in [6.45, 7) is 7.52. The minimum Gasteiger partial charge on any atom is -0.466 e. The Morgan fingerprint density at radius 3 is 2.72 bits per heavy atom. The number of aromatic nitrogens is 4.